The molecular formula is C5H7N2O2. The van der Waals surface area contributed by atoms with Crippen LogP contribution in [0.3, 0.4) is 0 Å². The predicted molar refractivity (Wildman–Crippen MR) is 32.0 cm³/mol. The first-order chi connectivity index (χ1) is 4.20. The van der Waals surface area contributed by atoms with Crippen molar-refractivity contribution in [1.82, 2.24) is 4.90 Å². The average Bonchev–Trinajstić information content (AvgIpc) is 2.14. The zero-order chi connectivity index (χ0) is 6.85. The van der Waals surface area contributed by atoms with Crippen LogP contribution in [0.15, 0.2) is 12.3 Å². The Morgan fingerprint density at radius 3 is 2.67 bits per heavy atom. The molecule has 1 aliphatic heterocycles. The van der Waals surface area contributed by atoms with Crippen molar-refractivity contribution in [3.8, 4) is 0 Å². The summed E-state index contributed by atoms with van der Waals surface area (Å²) < 4.78 is 0. The maximum atomic E-state index is 10.0. The summed E-state index contributed by atoms with van der Waals surface area (Å²) in [7, 11) is 1.76. The lowest BCUT2D eigenvalue weighted by Crippen LogP contribution is -2.18. The maximum Gasteiger partial charge on any atom is 0.255 e. The molecule has 0 aromatic carbocycles. The summed E-state index contributed by atoms with van der Waals surface area (Å²) in [6, 6.07) is -0.616. The molecule has 0 saturated carbocycles. The van der Waals surface area contributed by atoms with Crippen LogP contribution in [-0.4, -0.2) is 22.9 Å². The number of nitrogens with zero attached hydrogens (tertiary/aromatic N) is 2. The van der Waals surface area contributed by atoms with Gasteiger partial charge in [-0.1, -0.05) is 0 Å². The minimum atomic E-state index is -0.616. The summed E-state index contributed by atoms with van der Waals surface area (Å²) in [5.74, 6) is 0. The fourth-order valence-corrected chi connectivity index (χ4v) is 0.689. The van der Waals surface area contributed by atoms with Crippen molar-refractivity contribution in [2.24, 2.45) is 0 Å². The van der Waals surface area contributed by atoms with E-state index in [0.29, 0.717) is 0 Å². The van der Waals surface area contributed by atoms with E-state index in [2.05, 4.69) is 0 Å². The molecule has 4 nitrogen and oxygen atoms in total. The van der Waals surface area contributed by atoms with Crippen LogP contribution in [0.5, 0.6) is 0 Å². The highest BCUT2D eigenvalue weighted by molar-refractivity contribution is 5.04. The van der Waals surface area contributed by atoms with Gasteiger partial charge in [-0.05, 0) is 0 Å². The van der Waals surface area contributed by atoms with E-state index in [1.165, 1.54) is 0 Å². The molecule has 0 N–H and O–H groups in total. The molecular weight excluding hydrogens is 120 g/mol. The third-order valence-corrected chi connectivity index (χ3v) is 1.15. The molecule has 0 spiro atoms. The summed E-state index contributed by atoms with van der Waals surface area (Å²) in [6.45, 7) is 1.54. The molecule has 1 aliphatic rings. The van der Waals surface area contributed by atoms with Gasteiger partial charge in [-0.3, -0.25) is 10.1 Å². The monoisotopic (exact) mass is 127 g/mol. The number of rotatable bonds is 1. The summed E-state index contributed by atoms with van der Waals surface area (Å²) in [4.78, 5) is 11.4. The van der Waals surface area contributed by atoms with Gasteiger partial charge in [-0.15, -0.1) is 0 Å². The van der Waals surface area contributed by atoms with Crippen LogP contribution in [0.25, 0.3) is 0 Å². The zero-order valence-electron chi connectivity index (χ0n) is 5.02. The molecule has 0 bridgehead atoms. The zero-order valence-corrected chi connectivity index (χ0v) is 5.02. The van der Waals surface area contributed by atoms with Gasteiger partial charge in [-0.2, -0.15) is 0 Å². The van der Waals surface area contributed by atoms with Gasteiger partial charge in [0.25, 0.3) is 6.04 Å². The molecule has 1 unspecified atom stereocenters. The van der Waals surface area contributed by atoms with Gasteiger partial charge in [0.15, 0.2) is 0 Å². The van der Waals surface area contributed by atoms with E-state index in [0.717, 1.165) is 0 Å². The van der Waals surface area contributed by atoms with E-state index in [9.17, 15) is 10.1 Å². The van der Waals surface area contributed by atoms with Crippen molar-refractivity contribution in [3.63, 3.8) is 0 Å². The van der Waals surface area contributed by atoms with E-state index in [4.69, 9.17) is 0 Å². The van der Waals surface area contributed by atoms with Crippen LogP contribution in [0.4, 0.5) is 0 Å². The van der Waals surface area contributed by atoms with Crippen LogP contribution in [0.2, 0.25) is 0 Å². The normalized spacial score (nSPS) is 25.0. The second kappa shape index (κ2) is 2.05. The highest BCUT2D eigenvalue weighted by Gasteiger charge is 2.22. The van der Waals surface area contributed by atoms with Crippen molar-refractivity contribution in [2.45, 2.75) is 6.04 Å². The molecule has 0 aliphatic carbocycles. The van der Waals surface area contributed by atoms with Gasteiger partial charge in [0, 0.05) is 24.2 Å². The molecule has 0 saturated heterocycles. The van der Waals surface area contributed by atoms with Gasteiger partial charge in [-0.25, -0.2) is 0 Å². The fourth-order valence-electron chi connectivity index (χ4n) is 0.689. The largest absolute Gasteiger partial charge is 0.369 e. The molecule has 1 heterocycles. The van der Waals surface area contributed by atoms with Gasteiger partial charge >= 0.3 is 0 Å². The molecule has 0 aromatic rings. The van der Waals surface area contributed by atoms with Crippen molar-refractivity contribution in [3.05, 3.63) is 28.9 Å². The van der Waals surface area contributed by atoms with E-state index in [1.807, 2.05) is 0 Å². The van der Waals surface area contributed by atoms with Crippen molar-refractivity contribution in [1.29, 1.82) is 0 Å². The van der Waals surface area contributed by atoms with Crippen molar-refractivity contribution in [2.75, 3.05) is 7.05 Å². The Morgan fingerprint density at radius 1 is 1.78 bits per heavy atom. The first kappa shape index (κ1) is 6.07. The molecule has 0 fully saturated rings. The summed E-state index contributed by atoms with van der Waals surface area (Å²) in [5.41, 5.74) is 0. The third kappa shape index (κ3) is 1.19. The summed E-state index contributed by atoms with van der Waals surface area (Å²) >= 11 is 0. The van der Waals surface area contributed by atoms with Gasteiger partial charge in [0.1, 0.15) is 6.54 Å². The van der Waals surface area contributed by atoms with E-state index < -0.39 is 6.04 Å². The summed E-state index contributed by atoms with van der Waals surface area (Å²) in [6.07, 6.45) is 3.22. The Kier molecular flexibility index (Phi) is 1.38. The molecule has 4 heteroatoms. The SMILES string of the molecule is CN1[CH]C([N+](=O)[O-])C=C1. The minimum Gasteiger partial charge on any atom is -0.369 e. The van der Waals surface area contributed by atoms with Crippen LogP contribution in [-0.2, 0) is 0 Å². The molecule has 9 heavy (non-hydrogen) atoms. The van der Waals surface area contributed by atoms with E-state index in [-0.39, 0.29) is 4.92 Å². The predicted octanol–water partition coefficient (Wildman–Crippen LogP) is 0.253. The smallest absolute Gasteiger partial charge is 0.255 e. The number of hydrogen-bond acceptors (Lipinski definition) is 3. The lowest BCUT2D eigenvalue weighted by molar-refractivity contribution is -0.501. The Balaban J connectivity index is 2.50. The van der Waals surface area contributed by atoms with Gasteiger partial charge in [0.2, 0.25) is 0 Å². The second-order valence-electron chi connectivity index (χ2n) is 1.93. The molecule has 0 amide bonds. The number of hydrogen-bond donors (Lipinski definition) is 0. The third-order valence-electron chi connectivity index (χ3n) is 1.15. The number of likely N-dealkylation sites (N-methyl/N-ethyl adjacent to an activating group) is 1. The Hall–Kier alpha value is -1.06. The Bertz CT molecular complexity index is 155. The first-order valence-corrected chi connectivity index (χ1v) is 2.59. The summed E-state index contributed by atoms with van der Waals surface area (Å²) in [5, 5.41) is 10.0. The molecule has 1 radical (unpaired) electrons. The van der Waals surface area contributed by atoms with Crippen molar-refractivity contribution < 1.29 is 4.92 Å². The highest BCUT2D eigenvalue weighted by Crippen LogP contribution is 2.09. The van der Waals surface area contributed by atoms with Gasteiger partial charge in [0.05, 0.1) is 0 Å². The lowest BCUT2D eigenvalue weighted by atomic mass is 10.3. The quantitative estimate of drug-likeness (QED) is 0.374. The lowest BCUT2D eigenvalue weighted by Gasteiger charge is -2.04. The average molecular weight is 127 g/mol. The highest BCUT2D eigenvalue weighted by atomic mass is 16.6. The van der Waals surface area contributed by atoms with E-state index in [1.54, 1.807) is 30.8 Å². The van der Waals surface area contributed by atoms with E-state index >= 15 is 0 Å². The first-order valence-electron chi connectivity index (χ1n) is 2.59. The molecule has 1 atom stereocenters. The standard InChI is InChI=1S/C5H7N2O2/c1-6-3-2-5(4-6)7(8)9/h2-5H,1H3. The maximum absolute atomic E-state index is 10.0. The van der Waals surface area contributed by atoms with Crippen molar-refractivity contribution >= 4 is 0 Å². The number of nitro groups is 1. The fraction of sp³-hybridized carbons (Fsp3) is 0.400. The van der Waals surface area contributed by atoms with Crippen LogP contribution in [0.1, 0.15) is 0 Å². The van der Waals surface area contributed by atoms with Crippen LogP contribution < -0.4 is 0 Å². The second-order valence-corrected chi connectivity index (χ2v) is 1.93. The topological polar surface area (TPSA) is 46.4 Å². The Morgan fingerprint density at radius 2 is 2.44 bits per heavy atom. The van der Waals surface area contributed by atoms with Crippen LogP contribution in [0, 0.1) is 16.7 Å². The minimum absolute atomic E-state index is 0.333. The molecule has 0 aromatic heterocycles. The van der Waals surface area contributed by atoms with Gasteiger partial charge < -0.3 is 4.90 Å². The van der Waals surface area contributed by atoms with Crippen LogP contribution >= 0.6 is 0 Å². The molecule has 49 valence electrons. The molecule has 1 rings (SSSR count). The Labute approximate surface area is 52.9 Å².